The molecule has 1 unspecified atom stereocenters. The van der Waals surface area contributed by atoms with Crippen molar-refractivity contribution in [2.45, 2.75) is 63.2 Å². The quantitative estimate of drug-likeness (QED) is 0.199. The number of carbonyl (C=O) groups is 3. The van der Waals surface area contributed by atoms with E-state index in [2.05, 4.69) is 26.4 Å². The number of rotatable bonds is 5. The van der Waals surface area contributed by atoms with Gasteiger partial charge in [-0.05, 0) is 51.0 Å². The first-order chi connectivity index (χ1) is 15.6. The zero-order valence-electron chi connectivity index (χ0n) is 18.9. The monoisotopic (exact) mass is 501 g/mol. The lowest BCUT2D eigenvalue weighted by atomic mass is 9.96. The molecule has 0 spiro atoms. The lowest BCUT2D eigenvalue weighted by Crippen LogP contribution is -2.68. The number of imide groups is 1. The van der Waals surface area contributed by atoms with Crippen molar-refractivity contribution in [1.29, 1.82) is 0 Å². The number of hydrogen-bond donors (Lipinski definition) is 4. The van der Waals surface area contributed by atoms with E-state index in [1.807, 2.05) is 0 Å². The third-order valence-corrected chi connectivity index (χ3v) is 6.44. The number of nitrogens with two attached hydrogens (primary N) is 1. The van der Waals surface area contributed by atoms with Crippen LogP contribution in [-0.4, -0.2) is 72.0 Å². The van der Waals surface area contributed by atoms with Crippen LogP contribution in [0.5, 0.6) is 0 Å². The van der Waals surface area contributed by atoms with E-state index in [-0.39, 0.29) is 22.4 Å². The first-order valence-electron chi connectivity index (χ1n) is 10.4. The number of urea groups is 2. The van der Waals surface area contributed by atoms with Crippen molar-refractivity contribution in [3.05, 3.63) is 10.5 Å². The molecule has 1 aromatic heterocycles. The zero-order valence-corrected chi connectivity index (χ0v) is 20.5. The van der Waals surface area contributed by atoms with E-state index in [1.54, 1.807) is 26.4 Å². The Balaban J connectivity index is 1.88. The minimum absolute atomic E-state index is 0.0114. The first kappa shape index (κ1) is 25.1. The first-order valence-corrected chi connectivity index (χ1v) is 12.9. The summed E-state index contributed by atoms with van der Waals surface area (Å²) in [4.78, 5) is 51.2. The summed E-state index contributed by atoms with van der Waals surface area (Å²) in [6.45, 7) is 3.47. The van der Waals surface area contributed by atoms with Crippen LogP contribution in [0, 0.1) is 0 Å². The molecule has 0 bridgehead atoms. The highest BCUT2D eigenvalue weighted by atomic mass is 32.2. The van der Waals surface area contributed by atoms with Gasteiger partial charge in [-0.3, -0.25) is 0 Å². The molecule has 0 saturated heterocycles. The van der Waals surface area contributed by atoms with Gasteiger partial charge in [0.1, 0.15) is 0 Å². The van der Waals surface area contributed by atoms with Crippen molar-refractivity contribution in [3.8, 4) is 0 Å². The highest BCUT2D eigenvalue weighted by Gasteiger charge is 2.55. The van der Waals surface area contributed by atoms with Crippen LogP contribution in [-0.2, 0) is 0 Å². The Labute approximate surface area is 198 Å². The Morgan fingerprint density at radius 3 is 2.36 bits per heavy atom. The molecule has 1 saturated carbocycles. The van der Waals surface area contributed by atoms with Crippen molar-refractivity contribution >= 4 is 46.8 Å². The van der Waals surface area contributed by atoms with Crippen LogP contribution in [0.4, 0.5) is 14.4 Å². The van der Waals surface area contributed by atoms with E-state index in [4.69, 9.17) is 5.84 Å². The van der Waals surface area contributed by atoms with Gasteiger partial charge in [0.05, 0.1) is 0 Å². The fourth-order valence-corrected chi connectivity index (χ4v) is 4.52. The van der Waals surface area contributed by atoms with Crippen LogP contribution < -0.4 is 27.7 Å². The van der Waals surface area contributed by atoms with E-state index in [1.165, 1.54) is 0 Å². The number of carbonyl (C=O) groups excluding carboxylic acids is 3. The number of amides is 5. The van der Waals surface area contributed by atoms with Crippen LogP contribution in [0.15, 0.2) is 15.1 Å². The normalized spacial score (nSPS) is 21.3. The molecule has 1 atom stereocenters. The summed E-state index contributed by atoms with van der Waals surface area (Å²) in [6, 6.07) is -2.61. The molecule has 1 aliphatic carbocycles. The molecule has 5 amide bonds. The Morgan fingerprint density at radius 1 is 1.12 bits per heavy atom. The van der Waals surface area contributed by atoms with Gasteiger partial charge in [0.15, 0.2) is 0 Å². The smallest absolute Gasteiger partial charge is 0.334 e. The van der Waals surface area contributed by atoms with Crippen molar-refractivity contribution in [3.63, 3.8) is 0 Å². The van der Waals surface area contributed by atoms with Gasteiger partial charge in [-0.25, -0.2) is 14.4 Å². The molecule has 2 heterocycles. The summed E-state index contributed by atoms with van der Waals surface area (Å²) in [5.41, 5.74) is 1.75. The molecule has 33 heavy (non-hydrogen) atoms. The fraction of sp³-hybridized carbons (Fsp3) is 0.647. The molecule has 1 aromatic rings. The van der Waals surface area contributed by atoms with Gasteiger partial charge in [0, 0.05) is 16.8 Å². The molecule has 182 valence electrons. The van der Waals surface area contributed by atoms with Crippen LogP contribution in [0.1, 0.15) is 46.0 Å². The summed E-state index contributed by atoms with van der Waals surface area (Å²) < 4.78 is 0.411. The number of quaternary nitrogens is 1. The van der Waals surface area contributed by atoms with E-state index in [0.29, 0.717) is 9.69 Å². The molecule has 0 radical (unpaired) electrons. The summed E-state index contributed by atoms with van der Waals surface area (Å²) in [6.07, 6.45) is 8.11. The second kappa shape index (κ2) is 10.1. The van der Waals surface area contributed by atoms with Gasteiger partial charge in [-0.1, -0.05) is 41.1 Å². The molecule has 2 aliphatic rings. The number of hydrogen-bond acceptors (Lipinski definition) is 10. The maximum Gasteiger partial charge on any atom is 0.501 e. The summed E-state index contributed by atoms with van der Waals surface area (Å²) in [5.74, 6) is 6.27. The minimum atomic E-state index is -1.18. The molecule has 16 heteroatoms. The average Bonchev–Trinajstić information content (AvgIpc) is 3.22. The number of nitrogens with zero attached hydrogens (tertiary/aromatic N) is 6. The van der Waals surface area contributed by atoms with Crippen LogP contribution >= 0.6 is 23.5 Å². The van der Waals surface area contributed by atoms with E-state index >= 15 is 0 Å². The lowest BCUT2D eigenvalue weighted by molar-refractivity contribution is -0.751. The van der Waals surface area contributed by atoms with Crippen molar-refractivity contribution in [1.82, 2.24) is 30.1 Å². The van der Waals surface area contributed by atoms with Gasteiger partial charge < -0.3 is 10.6 Å². The molecule has 0 aromatic carbocycles. The zero-order chi connectivity index (χ0) is 24.3. The molecular formula is C17H29N10O4S2+. The number of amidine groups is 1. The van der Waals surface area contributed by atoms with Gasteiger partial charge in [0.25, 0.3) is 0 Å². The van der Waals surface area contributed by atoms with E-state index in [0.717, 1.165) is 60.3 Å². The third kappa shape index (κ3) is 5.02. The van der Waals surface area contributed by atoms with Crippen LogP contribution in [0.25, 0.3) is 0 Å². The van der Waals surface area contributed by atoms with Gasteiger partial charge >= 0.3 is 29.0 Å². The standard InChI is InChI=1S/C17H28N10O4S2/c1-10(2)19-12(28)25-17(31)27(18,15(22-25)33-4)23-26-14(32-3)21-24(16(26)30)13(29)20-11-8-6-5-7-9-11/h10-11,23H,5-9,18H2,1-4H3,(H-,19,20,28,29)/p+1. The SMILES string of the molecule is CSC1=NN(C(=O)NC(C)C)C(=O)[N+]1(N)Nn1c(SC)nn(C(=O)NC2CCCCC2)c1=O. The maximum atomic E-state index is 13.0. The van der Waals surface area contributed by atoms with Gasteiger partial charge in [-0.2, -0.15) is 4.79 Å². The number of hydrazone groups is 1. The third-order valence-electron chi connectivity index (χ3n) is 5.07. The second-order valence-electron chi connectivity index (χ2n) is 7.91. The molecule has 5 N–H and O–H groups in total. The molecular weight excluding hydrogens is 472 g/mol. The van der Waals surface area contributed by atoms with E-state index in [9.17, 15) is 19.2 Å². The van der Waals surface area contributed by atoms with Crippen molar-refractivity contribution < 1.29 is 19.1 Å². The predicted octanol–water partition coefficient (Wildman–Crippen LogP) is 0.994. The maximum absolute atomic E-state index is 13.0. The van der Waals surface area contributed by atoms with Crippen LogP contribution in [0.2, 0.25) is 0 Å². The Hall–Kier alpha value is -2.56. The van der Waals surface area contributed by atoms with E-state index < -0.39 is 28.5 Å². The number of aromatic nitrogens is 3. The summed E-state index contributed by atoms with van der Waals surface area (Å²) in [5, 5.41) is 14.2. The average molecular weight is 502 g/mol. The summed E-state index contributed by atoms with van der Waals surface area (Å²) in [7, 11) is 0. The number of thioether (sulfide) groups is 2. The molecule has 14 nitrogen and oxygen atoms in total. The topological polar surface area (TPSA) is 169 Å². The predicted molar refractivity (Wildman–Crippen MR) is 125 cm³/mol. The summed E-state index contributed by atoms with van der Waals surface area (Å²) >= 11 is 2.10. The Morgan fingerprint density at radius 2 is 1.79 bits per heavy atom. The van der Waals surface area contributed by atoms with Gasteiger partial charge in [0.2, 0.25) is 5.16 Å². The second-order valence-corrected chi connectivity index (χ2v) is 9.46. The Kier molecular flexibility index (Phi) is 7.71. The largest absolute Gasteiger partial charge is 0.501 e. The highest BCUT2D eigenvalue weighted by molar-refractivity contribution is 8.12. The van der Waals surface area contributed by atoms with Crippen molar-refractivity contribution in [2.24, 2.45) is 10.9 Å². The Bertz CT molecular complexity index is 1020. The minimum Gasteiger partial charge on any atom is -0.334 e. The lowest BCUT2D eigenvalue weighted by Gasteiger charge is -2.24. The fourth-order valence-electron chi connectivity index (χ4n) is 3.48. The molecule has 1 fully saturated rings. The highest BCUT2D eigenvalue weighted by Crippen LogP contribution is 2.23. The molecule has 3 rings (SSSR count). The van der Waals surface area contributed by atoms with Crippen LogP contribution in [0.3, 0.4) is 0 Å². The number of nitrogens with one attached hydrogen (secondary N) is 3. The van der Waals surface area contributed by atoms with Gasteiger partial charge in [-0.15, -0.1) is 25.8 Å². The molecule has 1 aliphatic heterocycles. The van der Waals surface area contributed by atoms with Crippen molar-refractivity contribution in [2.75, 3.05) is 18.0 Å².